The number of nitrogens with one attached hydrogen (secondary N) is 1. The van der Waals surface area contributed by atoms with Gasteiger partial charge in [-0.15, -0.1) is 0 Å². The number of halogens is 1. The topological polar surface area (TPSA) is 75.7 Å². The zero-order valence-corrected chi connectivity index (χ0v) is 14.1. The molecule has 1 fully saturated rings. The lowest BCUT2D eigenvalue weighted by atomic mass is 10.2. The number of benzene rings is 2. The summed E-state index contributed by atoms with van der Waals surface area (Å²) < 4.78 is 45.9. The van der Waals surface area contributed by atoms with E-state index < -0.39 is 21.7 Å². The van der Waals surface area contributed by atoms with Crippen molar-refractivity contribution in [2.75, 3.05) is 31.6 Å². The lowest BCUT2D eigenvalue weighted by Crippen LogP contribution is -2.40. The number of morpholine rings is 1. The Morgan fingerprint density at radius 3 is 2.40 bits per heavy atom. The highest BCUT2D eigenvalue weighted by molar-refractivity contribution is 7.89. The SMILES string of the molecule is O=C(Nc1ccccc1S(=O)(=O)N1CCOCC1)c1ccccc1F. The fourth-order valence-electron chi connectivity index (χ4n) is 2.56. The van der Waals surface area contributed by atoms with Crippen molar-refractivity contribution < 1.29 is 22.3 Å². The first kappa shape index (κ1) is 17.5. The molecule has 6 nitrogen and oxygen atoms in total. The number of amides is 1. The van der Waals surface area contributed by atoms with Gasteiger partial charge in [0.05, 0.1) is 24.5 Å². The van der Waals surface area contributed by atoms with Crippen molar-refractivity contribution >= 4 is 21.6 Å². The molecule has 0 atom stereocenters. The Balaban J connectivity index is 1.91. The van der Waals surface area contributed by atoms with E-state index in [0.29, 0.717) is 13.2 Å². The fraction of sp³-hybridized carbons (Fsp3) is 0.235. The smallest absolute Gasteiger partial charge is 0.258 e. The van der Waals surface area contributed by atoms with Crippen LogP contribution in [0, 0.1) is 5.82 Å². The molecule has 1 aliphatic rings. The van der Waals surface area contributed by atoms with Gasteiger partial charge in [-0.05, 0) is 24.3 Å². The summed E-state index contributed by atoms with van der Waals surface area (Å²) in [6.45, 7) is 1.14. The summed E-state index contributed by atoms with van der Waals surface area (Å²) >= 11 is 0. The predicted molar refractivity (Wildman–Crippen MR) is 90.4 cm³/mol. The second-order valence-electron chi connectivity index (χ2n) is 5.45. The van der Waals surface area contributed by atoms with Crippen molar-refractivity contribution in [1.29, 1.82) is 0 Å². The number of carbonyl (C=O) groups is 1. The third-order valence-electron chi connectivity index (χ3n) is 3.84. The van der Waals surface area contributed by atoms with Gasteiger partial charge in [0.1, 0.15) is 10.7 Å². The Labute approximate surface area is 145 Å². The maximum absolute atomic E-state index is 13.8. The van der Waals surface area contributed by atoms with Crippen LogP contribution in [0.3, 0.4) is 0 Å². The maximum Gasteiger partial charge on any atom is 0.258 e. The second-order valence-corrected chi connectivity index (χ2v) is 7.35. The van der Waals surface area contributed by atoms with Crippen LogP contribution in [0.15, 0.2) is 53.4 Å². The monoisotopic (exact) mass is 364 g/mol. The minimum Gasteiger partial charge on any atom is -0.379 e. The van der Waals surface area contributed by atoms with Crippen LogP contribution in [0.25, 0.3) is 0 Å². The normalized spacial score (nSPS) is 15.7. The fourth-order valence-corrected chi connectivity index (χ4v) is 4.11. The minimum atomic E-state index is -3.79. The Morgan fingerprint density at radius 2 is 1.68 bits per heavy atom. The number of sulfonamides is 1. The van der Waals surface area contributed by atoms with Gasteiger partial charge in [0.25, 0.3) is 5.91 Å². The molecule has 8 heteroatoms. The van der Waals surface area contributed by atoms with Gasteiger partial charge in [0.15, 0.2) is 0 Å². The van der Waals surface area contributed by atoms with E-state index >= 15 is 0 Å². The Hall–Kier alpha value is -2.29. The molecule has 1 heterocycles. The molecular weight excluding hydrogens is 347 g/mol. The lowest BCUT2D eigenvalue weighted by Gasteiger charge is -2.26. The molecule has 1 aliphatic heterocycles. The van der Waals surface area contributed by atoms with Gasteiger partial charge in [0, 0.05) is 13.1 Å². The van der Waals surface area contributed by atoms with E-state index in [1.165, 1.54) is 40.7 Å². The van der Waals surface area contributed by atoms with E-state index in [9.17, 15) is 17.6 Å². The van der Waals surface area contributed by atoms with Gasteiger partial charge in [-0.3, -0.25) is 4.79 Å². The quantitative estimate of drug-likeness (QED) is 0.901. The number of anilines is 1. The van der Waals surface area contributed by atoms with Crippen molar-refractivity contribution in [1.82, 2.24) is 4.31 Å². The third kappa shape index (κ3) is 3.71. The van der Waals surface area contributed by atoms with Crippen molar-refractivity contribution in [3.63, 3.8) is 0 Å². The molecule has 3 rings (SSSR count). The third-order valence-corrected chi connectivity index (χ3v) is 5.80. The van der Waals surface area contributed by atoms with Gasteiger partial charge < -0.3 is 10.1 Å². The average molecular weight is 364 g/mol. The van der Waals surface area contributed by atoms with Crippen LogP contribution < -0.4 is 5.32 Å². The molecule has 2 aromatic rings. The minimum absolute atomic E-state index is 0.0263. The number of para-hydroxylation sites is 1. The van der Waals surface area contributed by atoms with Crippen molar-refractivity contribution in [2.45, 2.75) is 4.90 Å². The standard InChI is InChI=1S/C17H17FN2O4S/c18-14-6-2-1-5-13(14)17(21)19-15-7-3-4-8-16(15)25(22,23)20-9-11-24-12-10-20/h1-8H,9-12H2,(H,19,21). The first-order valence-corrected chi connectivity index (χ1v) is 9.17. The van der Waals surface area contributed by atoms with Crippen LogP contribution in [0.2, 0.25) is 0 Å². The number of hydrogen-bond donors (Lipinski definition) is 1. The summed E-state index contributed by atoms with van der Waals surface area (Å²) in [6.07, 6.45) is 0. The first-order valence-electron chi connectivity index (χ1n) is 7.73. The number of carbonyl (C=O) groups excluding carboxylic acids is 1. The summed E-state index contributed by atoms with van der Waals surface area (Å²) in [6, 6.07) is 11.6. The molecule has 0 unspecified atom stereocenters. The summed E-state index contributed by atoms with van der Waals surface area (Å²) in [4.78, 5) is 12.3. The van der Waals surface area contributed by atoms with E-state index in [1.807, 2.05) is 0 Å². The number of hydrogen-bond acceptors (Lipinski definition) is 4. The van der Waals surface area contributed by atoms with Crippen LogP contribution in [0.4, 0.5) is 10.1 Å². The molecule has 0 saturated carbocycles. The molecule has 1 N–H and O–H groups in total. The molecule has 0 spiro atoms. The predicted octanol–water partition coefficient (Wildman–Crippen LogP) is 2.10. The summed E-state index contributed by atoms with van der Waals surface area (Å²) in [5.74, 6) is -1.38. The van der Waals surface area contributed by atoms with Gasteiger partial charge in [-0.2, -0.15) is 4.31 Å². The van der Waals surface area contributed by atoms with Gasteiger partial charge in [-0.1, -0.05) is 24.3 Å². The molecule has 1 saturated heterocycles. The van der Waals surface area contributed by atoms with Gasteiger partial charge in [-0.25, -0.2) is 12.8 Å². The van der Waals surface area contributed by atoms with Crippen LogP contribution >= 0.6 is 0 Å². The van der Waals surface area contributed by atoms with Crippen LogP contribution in [-0.2, 0) is 14.8 Å². The number of ether oxygens (including phenoxy) is 1. The first-order chi connectivity index (χ1) is 12.0. The summed E-state index contributed by atoms with van der Waals surface area (Å²) in [5.41, 5.74) is -0.0386. The Bertz CT molecular complexity index is 880. The lowest BCUT2D eigenvalue weighted by molar-refractivity contribution is 0.0730. The van der Waals surface area contributed by atoms with E-state index in [2.05, 4.69) is 5.32 Å². The Morgan fingerprint density at radius 1 is 1.04 bits per heavy atom. The maximum atomic E-state index is 13.8. The molecule has 0 aliphatic carbocycles. The largest absolute Gasteiger partial charge is 0.379 e. The van der Waals surface area contributed by atoms with Crippen molar-refractivity contribution in [3.05, 3.63) is 59.9 Å². The molecule has 0 aromatic heterocycles. The van der Waals surface area contributed by atoms with E-state index in [1.54, 1.807) is 12.1 Å². The van der Waals surface area contributed by atoms with Crippen LogP contribution in [0.5, 0.6) is 0 Å². The number of rotatable bonds is 4. The molecule has 132 valence electrons. The average Bonchev–Trinajstić information content (AvgIpc) is 2.63. The zero-order chi connectivity index (χ0) is 17.9. The van der Waals surface area contributed by atoms with Gasteiger partial charge in [0.2, 0.25) is 10.0 Å². The molecule has 1 amide bonds. The molecule has 25 heavy (non-hydrogen) atoms. The Kier molecular flexibility index (Phi) is 5.12. The highest BCUT2D eigenvalue weighted by Crippen LogP contribution is 2.25. The van der Waals surface area contributed by atoms with Crippen molar-refractivity contribution in [2.24, 2.45) is 0 Å². The number of nitrogens with zero attached hydrogens (tertiary/aromatic N) is 1. The molecule has 2 aromatic carbocycles. The second kappa shape index (κ2) is 7.30. The van der Waals surface area contributed by atoms with Crippen molar-refractivity contribution in [3.8, 4) is 0 Å². The van der Waals surface area contributed by atoms with Crippen LogP contribution in [-0.4, -0.2) is 44.9 Å². The van der Waals surface area contributed by atoms with Crippen LogP contribution in [0.1, 0.15) is 10.4 Å². The van der Waals surface area contributed by atoms with Gasteiger partial charge >= 0.3 is 0 Å². The summed E-state index contributed by atoms with van der Waals surface area (Å²) in [5, 5.41) is 2.50. The highest BCUT2D eigenvalue weighted by atomic mass is 32.2. The zero-order valence-electron chi connectivity index (χ0n) is 13.3. The highest BCUT2D eigenvalue weighted by Gasteiger charge is 2.29. The molecule has 0 bridgehead atoms. The molecular formula is C17H17FN2O4S. The summed E-state index contributed by atoms with van der Waals surface area (Å²) in [7, 11) is -3.79. The van der Waals surface area contributed by atoms with E-state index in [0.717, 1.165) is 0 Å². The van der Waals surface area contributed by atoms with E-state index in [4.69, 9.17) is 4.74 Å². The molecule has 0 radical (unpaired) electrons. The van der Waals surface area contributed by atoms with E-state index in [-0.39, 0.29) is 29.2 Å².